The Balaban J connectivity index is 2.00. The van der Waals surface area contributed by atoms with E-state index in [-0.39, 0.29) is 22.7 Å². The number of carbonyl (C=O) groups is 3. The van der Waals surface area contributed by atoms with Gasteiger partial charge in [-0.05, 0) is 42.3 Å². The van der Waals surface area contributed by atoms with E-state index in [1.165, 1.54) is 38.6 Å². The largest absolute Gasteiger partial charge is 0.465 e. The van der Waals surface area contributed by atoms with E-state index >= 15 is 0 Å². The van der Waals surface area contributed by atoms with Gasteiger partial charge in [0.05, 0.1) is 48.5 Å². The predicted molar refractivity (Wildman–Crippen MR) is 120 cm³/mol. The first-order chi connectivity index (χ1) is 15.2. The summed E-state index contributed by atoms with van der Waals surface area (Å²) in [6, 6.07) is 11.3. The number of nitrogens with zero attached hydrogens (tertiary/aromatic N) is 2. The molecule has 0 aliphatic heterocycles. The Morgan fingerprint density at radius 1 is 1.00 bits per heavy atom. The number of methoxy groups -OCH3 is 2. The molecule has 3 aromatic rings. The molecule has 0 saturated carbocycles. The summed E-state index contributed by atoms with van der Waals surface area (Å²) in [5, 5.41) is 7.66. The van der Waals surface area contributed by atoms with E-state index in [4.69, 9.17) is 21.1 Å². The molecule has 2 aromatic carbocycles. The molecule has 0 saturated heterocycles. The number of anilines is 1. The van der Waals surface area contributed by atoms with Crippen molar-refractivity contribution in [2.45, 2.75) is 19.8 Å². The molecule has 166 valence electrons. The smallest absolute Gasteiger partial charge is 0.337 e. The molecule has 0 aliphatic rings. The first-order valence-corrected chi connectivity index (χ1v) is 10.1. The average Bonchev–Trinajstić information content (AvgIpc) is 3.23. The zero-order valence-corrected chi connectivity index (χ0v) is 18.8. The number of halogens is 1. The van der Waals surface area contributed by atoms with Crippen LogP contribution in [0.2, 0.25) is 5.02 Å². The van der Waals surface area contributed by atoms with E-state index < -0.39 is 17.8 Å². The van der Waals surface area contributed by atoms with Crippen molar-refractivity contribution in [1.29, 1.82) is 0 Å². The molecule has 0 radical (unpaired) electrons. The monoisotopic (exact) mass is 455 g/mol. The van der Waals surface area contributed by atoms with Gasteiger partial charge in [-0.25, -0.2) is 14.3 Å². The Labute approximate surface area is 190 Å². The maximum absolute atomic E-state index is 13.1. The van der Waals surface area contributed by atoms with Crippen LogP contribution in [0.4, 0.5) is 5.69 Å². The van der Waals surface area contributed by atoms with Gasteiger partial charge in [-0.15, -0.1) is 0 Å². The van der Waals surface area contributed by atoms with Crippen LogP contribution in [0.1, 0.15) is 56.5 Å². The Morgan fingerprint density at radius 3 is 2.16 bits per heavy atom. The number of carbonyl (C=O) groups excluding carboxylic acids is 3. The minimum absolute atomic E-state index is 0.0377. The fourth-order valence-corrected chi connectivity index (χ4v) is 3.46. The van der Waals surface area contributed by atoms with Crippen molar-refractivity contribution < 1.29 is 23.9 Å². The maximum atomic E-state index is 13.1. The van der Waals surface area contributed by atoms with Gasteiger partial charge in [-0.3, -0.25) is 4.79 Å². The van der Waals surface area contributed by atoms with Gasteiger partial charge in [-0.1, -0.05) is 31.5 Å². The molecule has 0 fully saturated rings. The number of ether oxygens (including phenoxy) is 2. The average molecular weight is 456 g/mol. The normalized spacial score (nSPS) is 10.7. The van der Waals surface area contributed by atoms with Gasteiger partial charge < -0.3 is 14.8 Å². The second-order valence-corrected chi connectivity index (χ2v) is 7.66. The third kappa shape index (κ3) is 4.81. The molecule has 32 heavy (non-hydrogen) atoms. The lowest BCUT2D eigenvalue weighted by molar-refractivity contribution is 0.0599. The summed E-state index contributed by atoms with van der Waals surface area (Å²) < 4.78 is 11.1. The lowest BCUT2D eigenvalue weighted by Crippen LogP contribution is -2.16. The van der Waals surface area contributed by atoms with Crippen LogP contribution in [0.15, 0.2) is 48.7 Å². The first-order valence-electron chi connectivity index (χ1n) is 9.72. The van der Waals surface area contributed by atoms with Gasteiger partial charge >= 0.3 is 11.9 Å². The zero-order chi connectivity index (χ0) is 23.4. The number of hydrogen-bond donors (Lipinski definition) is 1. The molecule has 0 unspecified atom stereocenters. The zero-order valence-electron chi connectivity index (χ0n) is 18.0. The molecule has 1 aromatic heterocycles. The van der Waals surface area contributed by atoms with Crippen LogP contribution in [-0.2, 0) is 9.47 Å². The summed E-state index contributed by atoms with van der Waals surface area (Å²) in [6.07, 6.45) is 1.47. The van der Waals surface area contributed by atoms with E-state index in [9.17, 15) is 14.4 Å². The Bertz CT molecular complexity index is 1150. The lowest BCUT2D eigenvalue weighted by Gasteiger charge is -2.14. The topological polar surface area (TPSA) is 99.5 Å². The molecule has 0 spiro atoms. The number of benzene rings is 2. The van der Waals surface area contributed by atoms with Gasteiger partial charge in [0.25, 0.3) is 5.91 Å². The van der Waals surface area contributed by atoms with Crippen molar-refractivity contribution in [3.63, 3.8) is 0 Å². The number of hydrogen-bond acceptors (Lipinski definition) is 6. The minimum atomic E-state index is -0.650. The molecule has 0 aliphatic carbocycles. The summed E-state index contributed by atoms with van der Waals surface area (Å²) in [6.45, 7) is 3.89. The van der Waals surface area contributed by atoms with Crippen LogP contribution >= 0.6 is 11.6 Å². The SMILES string of the molecule is COC(=O)c1cc(NC(=O)c2cnn(-c3cccc(Cl)c3)c2C(C)C)cc(C(=O)OC)c1. The third-order valence-electron chi connectivity index (χ3n) is 4.68. The summed E-state index contributed by atoms with van der Waals surface area (Å²) in [4.78, 5) is 37.1. The van der Waals surface area contributed by atoms with E-state index in [1.54, 1.807) is 22.9 Å². The Morgan fingerprint density at radius 2 is 1.62 bits per heavy atom. The summed E-state index contributed by atoms with van der Waals surface area (Å²) in [5.41, 5.74) is 2.20. The molecule has 8 nitrogen and oxygen atoms in total. The molecular formula is C23H22ClN3O5. The van der Waals surface area contributed by atoms with Gasteiger partial charge in [0.1, 0.15) is 0 Å². The van der Waals surface area contributed by atoms with E-state index in [0.717, 1.165) is 5.69 Å². The molecule has 0 bridgehead atoms. The van der Waals surface area contributed by atoms with Gasteiger partial charge in [0, 0.05) is 10.7 Å². The summed E-state index contributed by atoms with van der Waals surface area (Å²) in [5.74, 6) is -1.78. The van der Waals surface area contributed by atoms with Crippen molar-refractivity contribution >= 4 is 35.1 Å². The van der Waals surface area contributed by atoms with Crippen LogP contribution in [0.25, 0.3) is 5.69 Å². The van der Waals surface area contributed by atoms with Crippen molar-refractivity contribution in [1.82, 2.24) is 9.78 Å². The molecule has 1 amide bonds. The molecule has 9 heteroatoms. The molecule has 1 N–H and O–H groups in total. The molecule has 0 atom stereocenters. The fourth-order valence-electron chi connectivity index (χ4n) is 3.27. The minimum Gasteiger partial charge on any atom is -0.465 e. The van der Waals surface area contributed by atoms with Crippen LogP contribution in [0, 0.1) is 0 Å². The van der Waals surface area contributed by atoms with Crippen molar-refractivity contribution in [3.05, 3.63) is 76.1 Å². The number of esters is 2. The number of rotatable bonds is 6. The maximum Gasteiger partial charge on any atom is 0.337 e. The van der Waals surface area contributed by atoms with Gasteiger partial charge in [0.15, 0.2) is 0 Å². The van der Waals surface area contributed by atoms with E-state index in [1.807, 2.05) is 19.9 Å². The number of aromatic nitrogens is 2. The third-order valence-corrected chi connectivity index (χ3v) is 4.92. The fraction of sp³-hybridized carbons (Fsp3) is 0.217. The van der Waals surface area contributed by atoms with Crippen molar-refractivity contribution in [3.8, 4) is 5.69 Å². The summed E-state index contributed by atoms with van der Waals surface area (Å²) in [7, 11) is 2.45. The number of nitrogens with one attached hydrogen (secondary N) is 1. The van der Waals surface area contributed by atoms with Gasteiger partial charge in [0.2, 0.25) is 0 Å². The molecule has 3 rings (SSSR count). The highest BCUT2D eigenvalue weighted by Gasteiger charge is 2.22. The first kappa shape index (κ1) is 23.0. The quantitative estimate of drug-likeness (QED) is 0.550. The lowest BCUT2D eigenvalue weighted by atomic mass is 10.0. The second kappa shape index (κ2) is 9.65. The Kier molecular flexibility index (Phi) is 6.95. The number of amides is 1. The van der Waals surface area contributed by atoms with Crippen LogP contribution in [0.3, 0.4) is 0 Å². The highest BCUT2D eigenvalue weighted by atomic mass is 35.5. The second-order valence-electron chi connectivity index (χ2n) is 7.23. The highest BCUT2D eigenvalue weighted by molar-refractivity contribution is 6.30. The van der Waals surface area contributed by atoms with E-state index in [0.29, 0.717) is 16.3 Å². The predicted octanol–water partition coefficient (Wildman–Crippen LogP) is 4.47. The van der Waals surface area contributed by atoms with Gasteiger partial charge in [-0.2, -0.15) is 5.10 Å². The van der Waals surface area contributed by atoms with Crippen LogP contribution in [0.5, 0.6) is 0 Å². The standard InChI is InChI=1S/C23H22ClN3O5/c1-13(2)20-19(12-25-27(20)18-7-5-6-16(24)11-18)21(28)26-17-9-14(22(29)31-3)8-15(10-17)23(30)32-4/h5-13H,1-4H3,(H,26,28). The molecular weight excluding hydrogens is 434 g/mol. The van der Waals surface area contributed by atoms with Crippen molar-refractivity contribution in [2.24, 2.45) is 0 Å². The Hall–Kier alpha value is -3.65. The van der Waals surface area contributed by atoms with Crippen LogP contribution < -0.4 is 5.32 Å². The van der Waals surface area contributed by atoms with E-state index in [2.05, 4.69) is 10.4 Å². The molecule has 1 heterocycles. The highest BCUT2D eigenvalue weighted by Crippen LogP contribution is 2.26. The van der Waals surface area contributed by atoms with Crippen molar-refractivity contribution in [2.75, 3.05) is 19.5 Å². The summed E-state index contributed by atoms with van der Waals surface area (Å²) >= 11 is 6.11. The van der Waals surface area contributed by atoms with Crippen LogP contribution in [-0.4, -0.2) is 41.8 Å².